The van der Waals surface area contributed by atoms with E-state index in [1.54, 1.807) is 18.6 Å². The monoisotopic (exact) mass is 600 g/mol. The molecule has 2 fully saturated rings. The highest BCUT2D eigenvalue weighted by atomic mass is 32.2. The van der Waals surface area contributed by atoms with Crippen molar-refractivity contribution >= 4 is 43.9 Å². The van der Waals surface area contributed by atoms with Crippen molar-refractivity contribution < 1.29 is 4.21 Å². The van der Waals surface area contributed by atoms with E-state index in [-0.39, 0.29) is 5.41 Å². The number of rotatable bonds is 5. The number of hydrogen-bond acceptors (Lipinski definition) is 8. The van der Waals surface area contributed by atoms with Gasteiger partial charge in [0.1, 0.15) is 5.82 Å². The average Bonchev–Trinajstić information content (AvgIpc) is 3.35. The summed E-state index contributed by atoms with van der Waals surface area (Å²) in [6.07, 6.45) is 10.3. The number of pyridine rings is 1. The molecule has 3 aromatic heterocycles. The maximum absolute atomic E-state index is 12.3. The minimum atomic E-state index is -2.34. The van der Waals surface area contributed by atoms with Crippen LogP contribution in [0.2, 0.25) is 0 Å². The molecule has 0 unspecified atom stereocenters. The summed E-state index contributed by atoms with van der Waals surface area (Å²) in [5.41, 5.74) is 4.40. The predicted octanol–water partition coefficient (Wildman–Crippen LogP) is 6.53. The standard InChI is InChI=1S/C33H44N8OS/c1-32(2,3)27-22-24-23-34-31(37-30(24)41(27)29-9-7-8-28(36-29)38-43(5,6)42)35-25-10-12-26(13-11-25)40-20-16-33(17-21-40)14-18-39(4)19-15-33/h7-13,22-23H,14-21H2,1-6H3,(H,34,35,37). The first-order valence-corrected chi connectivity index (χ1v) is 17.5. The van der Waals surface area contributed by atoms with E-state index in [1.165, 1.54) is 44.5 Å². The molecule has 2 saturated heterocycles. The Kier molecular flexibility index (Phi) is 7.71. The van der Waals surface area contributed by atoms with E-state index in [1.807, 2.05) is 18.3 Å². The molecular weight excluding hydrogens is 556 g/mol. The molecule has 43 heavy (non-hydrogen) atoms. The van der Waals surface area contributed by atoms with Crippen LogP contribution in [0.25, 0.3) is 16.9 Å². The molecule has 9 nitrogen and oxygen atoms in total. The molecule has 0 aliphatic carbocycles. The van der Waals surface area contributed by atoms with Crippen LogP contribution in [0.4, 0.5) is 23.1 Å². The summed E-state index contributed by atoms with van der Waals surface area (Å²) in [5, 5.41) is 4.34. The number of benzene rings is 1. The Balaban J connectivity index is 1.24. The lowest BCUT2D eigenvalue weighted by Crippen LogP contribution is -2.46. The van der Waals surface area contributed by atoms with Crippen LogP contribution in [-0.2, 0) is 15.1 Å². The van der Waals surface area contributed by atoms with Crippen LogP contribution in [0, 0.1) is 5.41 Å². The van der Waals surface area contributed by atoms with Crippen molar-refractivity contribution in [2.24, 2.45) is 9.78 Å². The fourth-order valence-corrected chi connectivity index (χ4v) is 6.91. The Morgan fingerprint density at radius 2 is 1.60 bits per heavy atom. The molecule has 6 rings (SSSR count). The number of nitrogens with zero attached hydrogens (tertiary/aromatic N) is 7. The largest absolute Gasteiger partial charge is 0.371 e. The predicted molar refractivity (Wildman–Crippen MR) is 178 cm³/mol. The zero-order valence-electron chi connectivity index (χ0n) is 26.3. The van der Waals surface area contributed by atoms with Gasteiger partial charge in [0.15, 0.2) is 11.5 Å². The van der Waals surface area contributed by atoms with Crippen LogP contribution >= 0.6 is 0 Å². The van der Waals surface area contributed by atoms with Gasteiger partial charge in [-0.3, -0.25) is 4.57 Å². The number of anilines is 3. The highest BCUT2D eigenvalue weighted by Gasteiger charge is 2.36. The van der Waals surface area contributed by atoms with Crippen molar-refractivity contribution in [1.29, 1.82) is 0 Å². The molecule has 0 bridgehead atoms. The number of likely N-dealkylation sites (tertiary alicyclic amines) is 1. The van der Waals surface area contributed by atoms with Gasteiger partial charge < -0.3 is 15.1 Å². The highest BCUT2D eigenvalue weighted by molar-refractivity contribution is 7.92. The molecule has 10 heteroatoms. The first kappa shape index (κ1) is 29.6. The molecule has 0 amide bonds. The van der Waals surface area contributed by atoms with Crippen LogP contribution in [0.5, 0.6) is 0 Å². The summed E-state index contributed by atoms with van der Waals surface area (Å²) in [5.74, 6) is 1.65. The Bertz CT molecular complexity index is 1720. The van der Waals surface area contributed by atoms with E-state index >= 15 is 0 Å². The summed E-state index contributed by atoms with van der Waals surface area (Å²) in [6, 6.07) is 16.4. The molecule has 0 atom stereocenters. The minimum absolute atomic E-state index is 0.177. The Morgan fingerprint density at radius 3 is 2.26 bits per heavy atom. The van der Waals surface area contributed by atoms with Crippen LogP contribution in [0.15, 0.2) is 59.1 Å². The topological polar surface area (TPSA) is 91.5 Å². The van der Waals surface area contributed by atoms with E-state index in [2.05, 4.69) is 87.2 Å². The average molecular weight is 601 g/mol. The minimum Gasteiger partial charge on any atom is -0.371 e. The van der Waals surface area contributed by atoms with Gasteiger partial charge in [-0.15, -0.1) is 0 Å². The van der Waals surface area contributed by atoms with Gasteiger partial charge in [0, 0.05) is 69.4 Å². The first-order chi connectivity index (χ1) is 20.4. The maximum atomic E-state index is 12.3. The lowest BCUT2D eigenvalue weighted by molar-refractivity contribution is 0.0945. The van der Waals surface area contributed by atoms with Crippen molar-refractivity contribution in [3.05, 3.63) is 60.4 Å². The van der Waals surface area contributed by atoms with Crippen LogP contribution in [0.1, 0.15) is 52.1 Å². The normalized spacial score (nSPS) is 17.9. The summed E-state index contributed by atoms with van der Waals surface area (Å²) < 4.78 is 18.7. The second kappa shape index (κ2) is 11.2. The molecular formula is C33H44N8OS. The van der Waals surface area contributed by atoms with Crippen molar-refractivity contribution in [2.45, 2.75) is 51.9 Å². The molecule has 2 aliphatic heterocycles. The van der Waals surface area contributed by atoms with Gasteiger partial charge >= 0.3 is 0 Å². The van der Waals surface area contributed by atoms with Crippen LogP contribution < -0.4 is 10.2 Å². The van der Waals surface area contributed by atoms with Gasteiger partial charge in [0.2, 0.25) is 5.95 Å². The molecule has 0 radical (unpaired) electrons. The van der Waals surface area contributed by atoms with Gasteiger partial charge in [-0.2, -0.15) is 9.35 Å². The molecule has 228 valence electrons. The summed E-state index contributed by atoms with van der Waals surface area (Å²) >= 11 is 0. The van der Waals surface area contributed by atoms with E-state index in [4.69, 9.17) is 9.97 Å². The smallest absolute Gasteiger partial charge is 0.229 e. The van der Waals surface area contributed by atoms with Crippen molar-refractivity contribution in [1.82, 2.24) is 24.4 Å². The molecule has 4 aromatic rings. The lowest BCUT2D eigenvalue weighted by atomic mass is 9.71. The molecule has 5 heterocycles. The second-order valence-electron chi connectivity index (χ2n) is 13.7. The second-order valence-corrected chi connectivity index (χ2v) is 16.2. The SMILES string of the molecule is CN1CCC2(CC1)CCN(c1ccc(Nc3ncc4cc(C(C)(C)C)n(-c5cccc(N=S(C)(C)=O)n5)c4n3)cc1)CC2. The fraction of sp³-hybridized carbons (Fsp3) is 0.485. The van der Waals surface area contributed by atoms with Crippen molar-refractivity contribution in [3.8, 4) is 5.82 Å². The lowest BCUT2D eigenvalue weighted by Gasteiger charge is -2.46. The van der Waals surface area contributed by atoms with E-state index in [0.29, 0.717) is 23.0 Å². The van der Waals surface area contributed by atoms with Gasteiger partial charge in [0.05, 0.1) is 0 Å². The Hall–Kier alpha value is -3.50. The molecule has 1 aromatic carbocycles. The summed E-state index contributed by atoms with van der Waals surface area (Å²) in [4.78, 5) is 19.3. The molecule has 1 N–H and O–H groups in total. The summed E-state index contributed by atoms with van der Waals surface area (Å²) in [6.45, 7) is 11.2. The molecule has 0 saturated carbocycles. The third-order valence-corrected chi connectivity index (χ3v) is 9.56. The Morgan fingerprint density at radius 1 is 0.930 bits per heavy atom. The van der Waals surface area contributed by atoms with Gasteiger partial charge in [0.25, 0.3) is 0 Å². The van der Waals surface area contributed by atoms with E-state index < -0.39 is 9.73 Å². The Labute approximate surface area is 255 Å². The summed E-state index contributed by atoms with van der Waals surface area (Å²) in [7, 11) is -0.0978. The zero-order chi connectivity index (χ0) is 30.4. The zero-order valence-corrected chi connectivity index (χ0v) is 27.1. The van der Waals surface area contributed by atoms with E-state index in [9.17, 15) is 4.21 Å². The molecule has 2 aliphatic rings. The van der Waals surface area contributed by atoms with Gasteiger partial charge in [-0.05, 0) is 93.7 Å². The van der Waals surface area contributed by atoms with Gasteiger partial charge in [-0.25, -0.2) is 14.2 Å². The van der Waals surface area contributed by atoms with E-state index in [0.717, 1.165) is 35.5 Å². The number of hydrogen-bond donors (Lipinski definition) is 1. The van der Waals surface area contributed by atoms with Crippen molar-refractivity contribution in [2.75, 3.05) is 56.0 Å². The molecule has 1 spiro atoms. The van der Waals surface area contributed by atoms with Gasteiger partial charge in [-0.1, -0.05) is 26.8 Å². The number of fused-ring (bicyclic) bond motifs is 1. The van der Waals surface area contributed by atoms with Crippen LogP contribution in [0.3, 0.4) is 0 Å². The number of aromatic nitrogens is 4. The van der Waals surface area contributed by atoms with Crippen LogP contribution in [-0.4, -0.2) is 74.4 Å². The third kappa shape index (κ3) is 6.55. The van der Waals surface area contributed by atoms with Crippen molar-refractivity contribution in [3.63, 3.8) is 0 Å². The number of piperidine rings is 2. The quantitative estimate of drug-likeness (QED) is 0.279. The first-order valence-electron chi connectivity index (χ1n) is 15.2. The highest BCUT2D eigenvalue weighted by Crippen LogP contribution is 2.42. The fourth-order valence-electron chi connectivity index (χ4n) is 6.36. The third-order valence-electron chi connectivity index (χ3n) is 8.93. The number of nitrogens with one attached hydrogen (secondary N) is 1. The maximum Gasteiger partial charge on any atom is 0.229 e.